The number of hydrogen-bond acceptors (Lipinski definition) is 6. The van der Waals surface area contributed by atoms with E-state index in [-0.39, 0.29) is 0 Å². The molecule has 4 nitrogen and oxygen atoms in total. The van der Waals surface area contributed by atoms with Crippen LogP contribution in [-0.2, 0) is 6.54 Å². The van der Waals surface area contributed by atoms with Crippen molar-refractivity contribution >= 4 is 45.8 Å². The summed E-state index contributed by atoms with van der Waals surface area (Å²) < 4.78 is 0. The maximum Gasteiger partial charge on any atom is 0.231 e. The maximum absolute atomic E-state index is 4.48. The highest BCUT2D eigenvalue weighted by molar-refractivity contribution is 7.99. The molecule has 0 unspecified atom stereocenters. The van der Waals surface area contributed by atoms with E-state index in [4.69, 9.17) is 0 Å². The number of hydrogen-bond donors (Lipinski definition) is 0. The highest BCUT2D eigenvalue weighted by atomic mass is 32.2. The van der Waals surface area contributed by atoms with Gasteiger partial charge in [-0.25, -0.2) is 4.99 Å². The Balaban J connectivity index is 1.43. The lowest BCUT2D eigenvalue weighted by atomic mass is 10.2. The molecule has 0 saturated carbocycles. The van der Waals surface area contributed by atoms with E-state index in [0.717, 1.165) is 10.6 Å². The zero-order valence-corrected chi connectivity index (χ0v) is 16.5. The van der Waals surface area contributed by atoms with Gasteiger partial charge in [0.1, 0.15) is 5.01 Å². The van der Waals surface area contributed by atoms with E-state index in [9.17, 15) is 0 Å². The summed E-state index contributed by atoms with van der Waals surface area (Å²) in [7, 11) is 0. The molecule has 0 spiro atoms. The normalized spacial score (nSPS) is 12.8. The van der Waals surface area contributed by atoms with E-state index in [1.807, 2.05) is 48.3 Å². The molecule has 0 N–H and O–H groups in total. The SMILES string of the molecule is C(=N\c1nnc(CN2c3ccccc3Sc3ccccc32)s1)/c1ccccc1. The molecule has 28 heavy (non-hydrogen) atoms. The highest BCUT2D eigenvalue weighted by Gasteiger charge is 2.23. The second-order valence-corrected chi connectivity index (χ2v) is 8.40. The Morgan fingerprint density at radius 3 is 2.14 bits per heavy atom. The van der Waals surface area contributed by atoms with E-state index in [1.54, 1.807) is 0 Å². The van der Waals surface area contributed by atoms with Crippen LogP contribution in [0.15, 0.2) is 93.6 Å². The van der Waals surface area contributed by atoms with Crippen LogP contribution < -0.4 is 4.90 Å². The lowest BCUT2D eigenvalue weighted by Gasteiger charge is -2.31. The molecule has 5 rings (SSSR count). The summed E-state index contributed by atoms with van der Waals surface area (Å²) in [5.41, 5.74) is 3.46. The van der Waals surface area contributed by atoms with Gasteiger partial charge in [0.15, 0.2) is 0 Å². The van der Waals surface area contributed by atoms with Crippen molar-refractivity contribution < 1.29 is 0 Å². The summed E-state index contributed by atoms with van der Waals surface area (Å²) in [5.74, 6) is 0. The van der Waals surface area contributed by atoms with Gasteiger partial charge in [-0.2, -0.15) is 0 Å². The minimum absolute atomic E-state index is 0.673. The summed E-state index contributed by atoms with van der Waals surface area (Å²) in [6.45, 7) is 0.674. The largest absolute Gasteiger partial charge is 0.333 e. The van der Waals surface area contributed by atoms with Crippen molar-refractivity contribution in [1.29, 1.82) is 0 Å². The fourth-order valence-corrected chi connectivity index (χ4v) is 4.89. The molecular formula is C22H16N4S2. The first-order valence-electron chi connectivity index (χ1n) is 8.92. The zero-order chi connectivity index (χ0) is 18.8. The third kappa shape index (κ3) is 3.44. The average Bonchev–Trinajstić information content (AvgIpc) is 3.20. The van der Waals surface area contributed by atoms with Crippen LogP contribution in [-0.4, -0.2) is 16.4 Å². The van der Waals surface area contributed by atoms with Crippen molar-refractivity contribution in [1.82, 2.24) is 10.2 Å². The van der Waals surface area contributed by atoms with Crippen LogP contribution >= 0.6 is 23.1 Å². The Hall–Kier alpha value is -2.96. The summed E-state index contributed by atoms with van der Waals surface area (Å²) in [4.78, 5) is 9.30. The molecule has 0 amide bonds. The molecule has 6 heteroatoms. The van der Waals surface area contributed by atoms with Gasteiger partial charge in [0.2, 0.25) is 5.13 Å². The number of nitrogens with zero attached hydrogens (tertiary/aromatic N) is 4. The van der Waals surface area contributed by atoms with Gasteiger partial charge in [0, 0.05) is 16.0 Å². The first kappa shape index (κ1) is 17.2. The summed E-state index contributed by atoms with van der Waals surface area (Å²) in [6, 6.07) is 27.0. The van der Waals surface area contributed by atoms with E-state index in [0.29, 0.717) is 11.7 Å². The lowest BCUT2D eigenvalue weighted by molar-refractivity contribution is 0.893. The molecule has 4 aromatic rings. The second-order valence-electron chi connectivity index (χ2n) is 6.27. The van der Waals surface area contributed by atoms with E-state index < -0.39 is 0 Å². The van der Waals surface area contributed by atoms with Crippen molar-refractivity contribution in [2.24, 2.45) is 4.99 Å². The molecule has 1 aliphatic rings. The van der Waals surface area contributed by atoms with Gasteiger partial charge < -0.3 is 4.90 Å². The fourth-order valence-electron chi connectivity index (χ4n) is 3.12. The fraction of sp³-hybridized carbons (Fsp3) is 0.0455. The number of benzene rings is 3. The Kier molecular flexibility index (Phi) is 4.64. The zero-order valence-electron chi connectivity index (χ0n) is 14.9. The average molecular weight is 401 g/mol. The van der Waals surface area contributed by atoms with Crippen molar-refractivity contribution in [3.63, 3.8) is 0 Å². The van der Waals surface area contributed by atoms with Gasteiger partial charge in [-0.1, -0.05) is 77.7 Å². The first-order valence-corrected chi connectivity index (χ1v) is 10.5. The lowest BCUT2D eigenvalue weighted by Crippen LogP contribution is -2.20. The topological polar surface area (TPSA) is 41.4 Å². The summed E-state index contributed by atoms with van der Waals surface area (Å²) >= 11 is 3.34. The molecular weight excluding hydrogens is 384 g/mol. The summed E-state index contributed by atoms with van der Waals surface area (Å²) in [5, 5.41) is 10.2. The molecule has 0 fully saturated rings. The molecule has 0 aliphatic carbocycles. The molecule has 3 aromatic carbocycles. The van der Waals surface area contributed by atoms with Gasteiger partial charge in [-0.15, -0.1) is 10.2 Å². The highest BCUT2D eigenvalue weighted by Crippen LogP contribution is 2.48. The Morgan fingerprint density at radius 1 is 0.786 bits per heavy atom. The van der Waals surface area contributed by atoms with Crippen LogP contribution in [0.4, 0.5) is 16.5 Å². The molecule has 1 aliphatic heterocycles. The van der Waals surface area contributed by atoms with Gasteiger partial charge >= 0.3 is 0 Å². The molecule has 136 valence electrons. The number of anilines is 2. The molecule has 1 aromatic heterocycles. The summed E-state index contributed by atoms with van der Waals surface area (Å²) in [6.07, 6.45) is 1.83. The van der Waals surface area contributed by atoms with Gasteiger partial charge in [-0.05, 0) is 29.8 Å². The molecule has 0 saturated heterocycles. The quantitative estimate of drug-likeness (QED) is 0.389. The van der Waals surface area contributed by atoms with E-state index in [1.165, 1.54) is 32.5 Å². The van der Waals surface area contributed by atoms with Crippen LogP contribution in [0.2, 0.25) is 0 Å². The second kappa shape index (κ2) is 7.58. The number of aromatic nitrogens is 2. The number of para-hydroxylation sites is 2. The van der Waals surface area contributed by atoms with Crippen molar-refractivity contribution in [2.75, 3.05) is 4.90 Å². The number of rotatable bonds is 4. The minimum Gasteiger partial charge on any atom is -0.333 e. The van der Waals surface area contributed by atoms with Gasteiger partial charge in [0.05, 0.1) is 17.9 Å². The Morgan fingerprint density at radius 2 is 1.43 bits per heavy atom. The first-order chi connectivity index (χ1) is 13.9. The molecule has 0 radical (unpaired) electrons. The van der Waals surface area contributed by atoms with Gasteiger partial charge in [0.25, 0.3) is 0 Å². The number of aliphatic imine (C=N–C) groups is 1. The molecule has 0 bridgehead atoms. The molecule has 2 heterocycles. The smallest absolute Gasteiger partial charge is 0.231 e. The van der Waals surface area contributed by atoms with Crippen LogP contribution in [0.25, 0.3) is 0 Å². The minimum atomic E-state index is 0.673. The third-order valence-corrected chi connectivity index (χ3v) is 6.35. The Bertz CT molecular complexity index is 1090. The van der Waals surface area contributed by atoms with Crippen molar-refractivity contribution in [3.8, 4) is 0 Å². The van der Waals surface area contributed by atoms with Gasteiger partial charge in [-0.3, -0.25) is 0 Å². The predicted octanol–water partition coefficient (Wildman–Crippen LogP) is 6.09. The van der Waals surface area contributed by atoms with Crippen molar-refractivity contribution in [2.45, 2.75) is 16.3 Å². The van der Waals surface area contributed by atoms with E-state index >= 15 is 0 Å². The van der Waals surface area contributed by atoms with E-state index in [2.05, 4.69) is 68.6 Å². The van der Waals surface area contributed by atoms with Crippen LogP contribution in [0, 0.1) is 0 Å². The third-order valence-electron chi connectivity index (χ3n) is 4.41. The van der Waals surface area contributed by atoms with Crippen LogP contribution in [0.5, 0.6) is 0 Å². The van der Waals surface area contributed by atoms with Crippen molar-refractivity contribution in [3.05, 3.63) is 89.4 Å². The predicted molar refractivity (Wildman–Crippen MR) is 116 cm³/mol. The standard InChI is InChI=1S/C22H16N4S2/c1-2-8-16(9-3-1)14-23-22-25-24-21(28-22)15-26-17-10-4-6-12-19(17)27-20-13-7-5-11-18(20)26/h1-14H,15H2/b23-14+. The number of fused-ring (bicyclic) bond motifs is 2. The Labute approximate surface area is 171 Å². The molecule has 0 atom stereocenters. The van der Waals surface area contributed by atoms with Crippen LogP contribution in [0.1, 0.15) is 10.6 Å². The monoisotopic (exact) mass is 400 g/mol. The maximum atomic E-state index is 4.48. The van der Waals surface area contributed by atoms with Crippen LogP contribution in [0.3, 0.4) is 0 Å².